The van der Waals surface area contributed by atoms with Crippen LogP contribution in [0.15, 0.2) is 64.6 Å². The molecular formula is C29H25BrN2O7. The molecule has 0 saturated carbocycles. The first-order valence-electron chi connectivity index (χ1n) is 12.0. The summed E-state index contributed by atoms with van der Waals surface area (Å²) < 4.78 is 12.4. The van der Waals surface area contributed by atoms with Crippen LogP contribution in [0.25, 0.3) is 6.08 Å². The largest absolute Gasteiger partial charge is 0.490 e. The first-order valence-corrected chi connectivity index (χ1v) is 12.8. The molecule has 200 valence electrons. The second-order valence-corrected chi connectivity index (χ2v) is 9.71. The number of aromatic carboxylic acids is 1. The van der Waals surface area contributed by atoms with E-state index in [0.717, 1.165) is 21.6 Å². The summed E-state index contributed by atoms with van der Waals surface area (Å²) in [5.41, 5.74) is 3.53. The molecule has 0 atom stereocenters. The molecular weight excluding hydrogens is 568 g/mol. The molecule has 9 nitrogen and oxygen atoms in total. The minimum atomic E-state index is -1.15. The van der Waals surface area contributed by atoms with E-state index in [1.807, 2.05) is 32.9 Å². The number of nitrogens with one attached hydrogen (secondary N) is 1. The highest BCUT2D eigenvalue weighted by Gasteiger charge is 2.37. The van der Waals surface area contributed by atoms with Gasteiger partial charge in [-0.1, -0.05) is 29.3 Å². The molecule has 3 aromatic carbocycles. The molecule has 1 heterocycles. The number of anilines is 1. The summed E-state index contributed by atoms with van der Waals surface area (Å²) in [4.78, 5) is 50.3. The van der Waals surface area contributed by atoms with E-state index in [2.05, 4.69) is 27.3 Å². The zero-order valence-corrected chi connectivity index (χ0v) is 23.0. The number of carbonyl (C=O) groups excluding carboxylic acids is 3. The number of rotatable bonds is 8. The topological polar surface area (TPSA) is 122 Å². The van der Waals surface area contributed by atoms with Gasteiger partial charge >= 0.3 is 12.0 Å². The maximum Gasteiger partial charge on any atom is 0.335 e. The van der Waals surface area contributed by atoms with Gasteiger partial charge in [-0.25, -0.2) is 14.5 Å². The lowest BCUT2D eigenvalue weighted by atomic mass is 10.1. The van der Waals surface area contributed by atoms with Crippen LogP contribution >= 0.6 is 15.9 Å². The first-order chi connectivity index (χ1) is 18.6. The third kappa shape index (κ3) is 6.18. The lowest BCUT2D eigenvalue weighted by Gasteiger charge is -2.26. The fraction of sp³-hybridized carbons (Fsp3) is 0.172. The highest BCUT2D eigenvalue weighted by atomic mass is 79.9. The van der Waals surface area contributed by atoms with Crippen molar-refractivity contribution in [3.63, 3.8) is 0 Å². The van der Waals surface area contributed by atoms with Crippen molar-refractivity contribution in [1.82, 2.24) is 5.32 Å². The molecule has 0 aromatic heterocycles. The van der Waals surface area contributed by atoms with E-state index in [1.54, 1.807) is 12.1 Å². The van der Waals surface area contributed by atoms with Crippen LogP contribution in [-0.2, 0) is 16.2 Å². The molecule has 1 fully saturated rings. The van der Waals surface area contributed by atoms with E-state index in [0.29, 0.717) is 34.7 Å². The van der Waals surface area contributed by atoms with Crippen LogP contribution in [0.1, 0.15) is 39.5 Å². The van der Waals surface area contributed by atoms with Gasteiger partial charge in [0.15, 0.2) is 11.5 Å². The van der Waals surface area contributed by atoms with Crippen LogP contribution in [-0.4, -0.2) is 35.5 Å². The number of carbonyl (C=O) groups is 4. The third-order valence-corrected chi connectivity index (χ3v) is 6.37. The summed E-state index contributed by atoms with van der Waals surface area (Å²) in [5.74, 6) is -1.98. The van der Waals surface area contributed by atoms with Crippen molar-refractivity contribution in [2.45, 2.75) is 27.4 Å². The predicted molar refractivity (Wildman–Crippen MR) is 148 cm³/mol. The van der Waals surface area contributed by atoms with Gasteiger partial charge in [-0.05, 0) is 90.3 Å². The van der Waals surface area contributed by atoms with Crippen LogP contribution in [0.2, 0.25) is 0 Å². The number of ether oxygens (including phenoxy) is 2. The quantitative estimate of drug-likeness (QED) is 0.265. The van der Waals surface area contributed by atoms with Crippen molar-refractivity contribution in [2.24, 2.45) is 0 Å². The smallest absolute Gasteiger partial charge is 0.335 e. The number of hydrogen-bond acceptors (Lipinski definition) is 6. The minimum absolute atomic E-state index is 0.0106. The van der Waals surface area contributed by atoms with Crippen molar-refractivity contribution < 1.29 is 33.8 Å². The van der Waals surface area contributed by atoms with Gasteiger partial charge in [-0.15, -0.1) is 0 Å². The molecule has 10 heteroatoms. The minimum Gasteiger partial charge on any atom is -0.490 e. The molecule has 0 spiro atoms. The molecule has 39 heavy (non-hydrogen) atoms. The third-order valence-electron chi connectivity index (χ3n) is 5.78. The molecule has 1 saturated heterocycles. The van der Waals surface area contributed by atoms with Gasteiger partial charge in [0.25, 0.3) is 11.8 Å². The summed E-state index contributed by atoms with van der Waals surface area (Å²) in [6, 6.07) is 13.7. The van der Waals surface area contributed by atoms with Crippen LogP contribution < -0.4 is 19.7 Å². The molecule has 4 rings (SSSR count). The van der Waals surface area contributed by atoms with Crippen molar-refractivity contribution in [3.8, 4) is 11.5 Å². The van der Waals surface area contributed by atoms with E-state index >= 15 is 0 Å². The van der Waals surface area contributed by atoms with Crippen LogP contribution in [0.4, 0.5) is 10.5 Å². The maximum absolute atomic E-state index is 13.2. The number of carboxylic acids is 1. The summed E-state index contributed by atoms with van der Waals surface area (Å²) in [5, 5.41) is 11.3. The summed E-state index contributed by atoms with van der Waals surface area (Å²) >= 11 is 3.51. The van der Waals surface area contributed by atoms with Gasteiger partial charge in [-0.2, -0.15) is 0 Å². The predicted octanol–water partition coefficient (Wildman–Crippen LogP) is 5.41. The number of halogens is 1. The number of aryl methyl sites for hydroxylation is 2. The highest BCUT2D eigenvalue weighted by molar-refractivity contribution is 9.10. The number of imide groups is 2. The molecule has 1 aliphatic heterocycles. The van der Waals surface area contributed by atoms with Crippen LogP contribution in [0.3, 0.4) is 0 Å². The molecule has 3 aromatic rings. The Bertz CT molecular complexity index is 1490. The lowest BCUT2D eigenvalue weighted by Crippen LogP contribution is -2.54. The van der Waals surface area contributed by atoms with Crippen LogP contribution in [0.5, 0.6) is 11.5 Å². The van der Waals surface area contributed by atoms with E-state index in [-0.39, 0.29) is 16.8 Å². The zero-order valence-electron chi connectivity index (χ0n) is 21.4. The Morgan fingerprint density at radius 1 is 1.00 bits per heavy atom. The number of urea groups is 1. The van der Waals surface area contributed by atoms with E-state index < -0.39 is 23.8 Å². The second kappa shape index (κ2) is 11.5. The molecule has 0 radical (unpaired) electrons. The number of hydrogen-bond donors (Lipinski definition) is 2. The van der Waals surface area contributed by atoms with Crippen molar-refractivity contribution in [1.29, 1.82) is 0 Å². The lowest BCUT2D eigenvalue weighted by molar-refractivity contribution is -0.122. The number of carboxylic acid groups (broad SMARTS) is 1. The Labute approximate surface area is 233 Å². The Morgan fingerprint density at radius 2 is 1.67 bits per heavy atom. The van der Waals surface area contributed by atoms with Gasteiger partial charge in [0.1, 0.15) is 12.2 Å². The molecule has 0 aliphatic carbocycles. The summed E-state index contributed by atoms with van der Waals surface area (Å²) in [6.45, 7) is 6.51. The number of nitrogens with zero attached hydrogens (tertiary/aromatic N) is 1. The van der Waals surface area contributed by atoms with Gasteiger partial charge in [0.05, 0.1) is 22.3 Å². The Balaban J connectivity index is 1.65. The number of benzene rings is 3. The Morgan fingerprint density at radius 3 is 2.28 bits per heavy atom. The zero-order chi connectivity index (χ0) is 28.3. The van der Waals surface area contributed by atoms with Crippen molar-refractivity contribution in [3.05, 3.63) is 92.5 Å². The highest BCUT2D eigenvalue weighted by Crippen LogP contribution is 2.38. The average molecular weight is 593 g/mol. The standard InChI is InChI=1S/C29H25BrN2O7/c1-4-38-24-14-18(13-23(30)25(24)39-15-19-10-16(2)9-17(3)11-19)12-22-26(33)31-29(37)32(27(22)34)21-7-5-20(6-8-21)28(35)36/h5-14H,4,15H2,1-3H3,(H,35,36)(H,31,33,37)/b22-12+. The number of amides is 4. The molecule has 1 aliphatic rings. The van der Waals surface area contributed by atoms with E-state index in [4.69, 9.17) is 14.6 Å². The van der Waals surface area contributed by atoms with Gasteiger partial charge in [-0.3, -0.25) is 14.9 Å². The molecule has 0 unspecified atom stereocenters. The van der Waals surface area contributed by atoms with E-state index in [9.17, 15) is 19.2 Å². The number of barbiturate groups is 1. The monoisotopic (exact) mass is 592 g/mol. The van der Waals surface area contributed by atoms with Gasteiger partial charge < -0.3 is 14.6 Å². The second-order valence-electron chi connectivity index (χ2n) is 8.86. The summed E-state index contributed by atoms with van der Waals surface area (Å²) in [7, 11) is 0. The fourth-order valence-electron chi connectivity index (χ4n) is 4.19. The fourth-order valence-corrected chi connectivity index (χ4v) is 4.77. The Kier molecular flexibility index (Phi) is 8.15. The molecule has 2 N–H and O–H groups in total. The molecule has 4 amide bonds. The maximum atomic E-state index is 13.2. The van der Waals surface area contributed by atoms with Crippen LogP contribution in [0, 0.1) is 13.8 Å². The molecule has 0 bridgehead atoms. The first kappa shape index (κ1) is 27.6. The van der Waals surface area contributed by atoms with Crippen molar-refractivity contribution in [2.75, 3.05) is 11.5 Å². The SMILES string of the molecule is CCOc1cc(/C=C2\C(=O)NC(=O)N(c3ccc(C(=O)O)cc3)C2=O)cc(Br)c1OCc1cc(C)cc(C)c1. The van der Waals surface area contributed by atoms with Gasteiger partial charge in [0.2, 0.25) is 0 Å². The van der Waals surface area contributed by atoms with Gasteiger partial charge in [0, 0.05) is 0 Å². The summed E-state index contributed by atoms with van der Waals surface area (Å²) in [6.07, 6.45) is 1.35. The van der Waals surface area contributed by atoms with Crippen molar-refractivity contribution >= 4 is 51.5 Å². The normalized spacial score (nSPS) is 14.4. The Hall–Kier alpha value is -4.44. The van der Waals surface area contributed by atoms with E-state index in [1.165, 1.54) is 30.3 Å². The average Bonchev–Trinajstić information content (AvgIpc) is 2.86.